The van der Waals surface area contributed by atoms with Crippen molar-refractivity contribution in [2.75, 3.05) is 6.54 Å². The van der Waals surface area contributed by atoms with E-state index in [1.807, 2.05) is 10.6 Å². The van der Waals surface area contributed by atoms with Gasteiger partial charge in [0.15, 0.2) is 0 Å². The van der Waals surface area contributed by atoms with Crippen LogP contribution in [0, 0.1) is 5.92 Å². The molecule has 0 saturated heterocycles. The zero-order chi connectivity index (χ0) is 14.0. The summed E-state index contributed by atoms with van der Waals surface area (Å²) in [5.74, 6) is 0.462. The van der Waals surface area contributed by atoms with Crippen LogP contribution in [0.3, 0.4) is 0 Å². The fourth-order valence-corrected chi connectivity index (χ4v) is 2.69. The molecule has 1 aromatic rings. The maximum absolute atomic E-state index is 12.1. The quantitative estimate of drug-likeness (QED) is 0.904. The summed E-state index contributed by atoms with van der Waals surface area (Å²) in [6.45, 7) is 10.5. The van der Waals surface area contributed by atoms with Crippen LogP contribution >= 0.6 is 0 Å². The van der Waals surface area contributed by atoms with Gasteiger partial charge in [-0.25, -0.2) is 0 Å². The molecule has 3 nitrogen and oxygen atoms in total. The molecule has 1 aromatic heterocycles. The summed E-state index contributed by atoms with van der Waals surface area (Å²) in [5, 5.41) is 3.51. The number of hydrogen-bond donors (Lipinski definition) is 1. The molecule has 19 heavy (non-hydrogen) atoms. The predicted molar refractivity (Wildman–Crippen MR) is 79.6 cm³/mol. The molecule has 1 N–H and O–H groups in total. The van der Waals surface area contributed by atoms with Crippen LogP contribution in [0.25, 0.3) is 0 Å². The molecule has 0 saturated carbocycles. The highest BCUT2D eigenvalue weighted by Crippen LogP contribution is 2.20. The first-order chi connectivity index (χ1) is 8.87. The maximum atomic E-state index is 12.1. The Bertz CT molecular complexity index is 496. The Balaban J connectivity index is 2.07. The van der Waals surface area contributed by atoms with E-state index in [1.165, 1.54) is 17.7 Å². The Morgan fingerprint density at radius 3 is 2.74 bits per heavy atom. The van der Waals surface area contributed by atoms with Gasteiger partial charge in [0.2, 0.25) is 0 Å². The molecule has 0 fully saturated rings. The number of nitrogens with one attached hydrogen (secondary N) is 1. The zero-order valence-corrected chi connectivity index (χ0v) is 12.6. The van der Waals surface area contributed by atoms with Crippen LogP contribution in [-0.2, 0) is 19.4 Å². The van der Waals surface area contributed by atoms with Crippen LogP contribution < -0.4 is 10.9 Å². The molecule has 0 radical (unpaired) electrons. The maximum Gasteiger partial charge on any atom is 0.250 e. The number of nitrogens with zero attached hydrogens (tertiary/aromatic N) is 1. The van der Waals surface area contributed by atoms with Crippen molar-refractivity contribution in [1.29, 1.82) is 0 Å². The van der Waals surface area contributed by atoms with Crippen LogP contribution in [-0.4, -0.2) is 16.7 Å². The van der Waals surface area contributed by atoms with E-state index in [1.54, 1.807) is 6.07 Å². The standard InChI is InChI=1S/C16H26N2O/c1-12(10-17-16(2,3)4)11-18-14-7-5-6-13(14)8-9-15(18)19/h8-9,12,17H,5-7,10-11H2,1-4H3. The minimum absolute atomic E-state index is 0.137. The normalized spacial score (nSPS) is 16.4. The third-order valence-electron chi connectivity index (χ3n) is 3.72. The van der Waals surface area contributed by atoms with Gasteiger partial charge in [-0.3, -0.25) is 4.79 Å². The first-order valence-electron chi connectivity index (χ1n) is 7.33. The molecule has 2 rings (SSSR count). The lowest BCUT2D eigenvalue weighted by atomic mass is 10.1. The Morgan fingerprint density at radius 2 is 2.05 bits per heavy atom. The zero-order valence-electron chi connectivity index (χ0n) is 12.6. The predicted octanol–water partition coefficient (Wildman–Crippen LogP) is 2.36. The van der Waals surface area contributed by atoms with E-state index >= 15 is 0 Å². The monoisotopic (exact) mass is 262 g/mol. The van der Waals surface area contributed by atoms with Gasteiger partial charge in [-0.05, 0) is 58.1 Å². The number of rotatable bonds is 4. The lowest BCUT2D eigenvalue weighted by molar-refractivity contribution is 0.356. The number of fused-ring (bicyclic) bond motifs is 1. The van der Waals surface area contributed by atoms with Gasteiger partial charge < -0.3 is 9.88 Å². The largest absolute Gasteiger partial charge is 0.312 e. The van der Waals surface area contributed by atoms with Crippen molar-refractivity contribution in [3.63, 3.8) is 0 Å². The summed E-state index contributed by atoms with van der Waals surface area (Å²) in [5.41, 5.74) is 2.94. The summed E-state index contributed by atoms with van der Waals surface area (Å²) < 4.78 is 2.00. The summed E-state index contributed by atoms with van der Waals surface area (Å²) in [6.07, 6.45) is 3.38. The van der Waals surface area contributed by atoms with Gasteiger partial charge in [0.05, 0.1) is 0 Å². The average Bonchev–Trinajstić information content (AvgIpc) is 2.78. The van der Waals surface area contributed by atoms with Crippen molar-refractivity contribution < 1.29 is 0 Å². The second-order valence-electron chi connectivity index (χ2n) is 6.84. The van der Waals surface area contributed by atoms with E-state index in [-0.39, 0.29) is 11.1 Å². The minimum Gasteiger partial charge on any atom is -0.312 e. The second-order valence-corrected chi connectivity index (χ2v) is 6.84. The average molecular weight is 262 g/mol. The molecule has 106 valence electrons. The molecule has 0 aliphatic heterocycles. The first-order valence-corrected chi connectivity index (χ1v) is 7.33. The molecule has 1 unspecified atom stereocenters. The van der Waals surface area contributed by atoms with Gasteiger partial charge in [-0.15, -0.1) is 0 Å². The van der Waals surface area contributed by atoms with Crippen molar-refractivity contribution in [3.05, 3.63) is 33.7 Å². The van der Waals surface area contributed by atoms with Crippen molar-refractivity contribution in [2.45, 2.75) is 59.0 Å². The third-order valence-corrected chi connectivity index (χ3v) is 3.72. The van der Waals surface area contributed by atoms with Crippen LogP contribution in [0.15, 0.2) is 16.9 Å². The number of aryl methyl sites for hydroxylation is 1. The van der Waals surface area contributed by atoms with Gasteiger partial charge in [-0.1, -0.05) is 13.0 Å². The van der Waals surface area contributed by atoms with Crippen molar-refractivity contribution in [3.8, 4) is 0 Å². The lowest BCUT2D eigenvalue weighted by Crippen LogP contribution is -2.40. The van der Waals surface area contributed by atoms with Crippen LogP contribution in [0.5, 0.6) is 0 Å². The van der Waals surface area contributed by atoms with E-state index < -0.39 is 0 Å². The van der Waals surface area contributed by atoms with Gasteiger partial charge in [0, 0.05) is 23.8 Å². The molecule has 1 aliphatic carbocycles. The van der Waals surface area contributed by atoms with Gasteiger partial charge >= 0.3 is 0 Å². The van der Waals surface area contributed by atoms with Gasteiger partial charge in [0.1, 0.15) is 0 Å². The minimum atomic E-state index is 0.137. The molecular weight excluding hydrogens is 236 g/mol. The first kappa shape index (κ1) is 14.3. The molecule has 0 spiro atoms. The molecule has 1 heterocycles. The molecular formula is C16H26N2O. The Kier molecular flexibility index (Phi) is 4.14. The van der Waals surface area contributed by atoms with Crippen LogP contribution in [0.1, 0.15) is 45.4 Å². The highest BCUT2D eigenvalue weighted by molar-refractivity contribution is 5.25. The molecule has 0 aromatic carbocycles. The molecule has 1 aliphatic rings. The number of pyridine rings is 1. The van der Waals surface area contributed by atoms with E-state index in [2.05, 4.69) is 33.0 Å². The van der Waals surface area contributed by atoms with Gasteiger partial charge in [-0.2, -0.15) is 0 Å². The fourth-order valence-electron chi connectivity index (χ4n) is 2.69. The molecule has 3 heteroatoms. The third kappa shape index (κ3) is 3.69. The summed E-state index contributed by atoms with van der Waals surface area (Å²) in [6, 6.07) is 3.74. The summed E-state index contributed by atoms with van der Waals surface area (Å²) in [4.78, 5) is 12.1. The summed E-state index contributed by atoms with van der Waals surface area (Å²) >= 11 is 0. The summed E-state index contributed by atoms with van der Waals surface area (Å²) in [7, 11) is 0. The smallest absolute Gasteiger partial charge is 0.250 e. The second kappa shape index (κ2) is 5.49. The topological polar surface area (TPSA) is 34.0 Å². The highest BCUT2D eigenvalue weighted by atomic mass is 16.1. The Hall–Kier alpha value is -1.09. The number of hydrogen-bond acceptors (Lipinski definition) is 2. The Labute approximate surface area is 116 Å². The van der Waals surface area contributed by atoms with Crippen LogP contribution in [0.4, 0.5) is 0 Å². The number of aromatic nitrogens is 1. The SMILES string of the molecule is CC(CNC(C)(C)C)Cn1c2c(ccc1=O)CCC2. The molecule has 1 atom stereocenters. The van der Waals surface area contributed by atoms with Crippen LogP contribution in [0.2, 0.25) is 0 Å². The van der Waals surface area contributed by atoms with E-state index in [0.29, 0.717) is 5.92 Å². The lowest BCUT2D eigenvalue weighted by Gasteiger charge is -2.24. The molecule has 0 bridgehead atoms. The highest BCUT2D eigenvalue weighted by Gasteiger charge is 2.18. The fraction of sp³-hybridized carbons (Fsp3) is 0.688. The molecule has 0 amide bonds. The Morgan fingerprint density at radius 1 is 1.32 bits per heavy atom. The van der Waals surface area contributed by atoms with E-state index in [4.69, 9.17) is 0 Å². The van der Waals surface area contributed by atoms with Crippen molar-refractivity contribution in [2.24, 2.45) is 5.92 Å². The van der Waals surface area contributed by atoms with E-state index in [9.17, 15) is 4.79 Å². The van der Waals surface area contributed by atoms with E-state index in [0.717, 1.165) is 25.9 Å². The van der Waals surface area contributed by atoms with Crippen molar-refractivity contribution in [1.82, 2.24) is 9.88 Å². The van der Waals surface area contributed by atoms with Gasteiger partial charge in [0.25, 0.3) is 5.56 Å². The van der Waals surface area contributed by atoms with Crippen molar-refractivity contribution >= 4 is 0 Å².